The summed E-state index contributed by atoms with van der Waals surface area (Å²) in [6.45, 7) is 3.58. The van der Waals surface area contributed by atoms with Crippen molar-refractivity contribution in [3.63, 3.8) is 0 Å². The molecule has 0 aliphatic heterocycles. The maximum Gasteiger partial charge on any atom is 0.179 e. The zero-order valence-corrected chi connectivity index (χ0v) is 10.0. The van der Waals surface area contributed by atoms with Crippen LogP contribution in [0.4, 0.5) is 4.39 Å². The lowest BCUT2D eigenvalue weighted by atomic mass is 10.1. The van der Waals surface area contributed by atoms with Crippen molar-refractivity contribution in [3.8, 4) is 0 Å². The van der Waals surface area contributed by atoms with E-state index in [1.54, 1.807) is 12.1 Å². The summed E-state index contributed by atoms with van der Waals surface area (Å²) in [7, 11) is 0. The summed E-state index contributed by atoms with van der Waals surface area (Å²) in [5.41, 5.74) is 0.134. The second kappa shape index (κ2) is 7.14. The number of hydrogen-bond donors (Lipinski definition) is 1. The molecule has 94 valence electrons. The van der Waals surface area contributed by atoms with Crippen LogP contribution in [0.2, 0.25) is 0 Å². The topological polar surface area (TPSA) is 40.5 Å². The highest BCUT2D eigenvalue weighted by Crippen LogP contribution is 2.08. The first-order chi connectivity index (χ1) is 8.19. The molecule has 0 amide bonds. The molecule has 0 aliphatic rings. The number of nitrogens with zero attached hydrogens (tertiary/aromatic N) is 1. The van der Waals surface area contributed by atoms with Crippen molar-refractivity contribution in [2.45, 2.75) is 13.3 Å². The lowest BCUT2D eigenvalue weighted by molar-refractivity contribution is 0.0924. The van der Waals surface area contributed by atoms with E-state index < -0.39 is 5.82 Å². The van der Waals surface area contributed by atoms with Crippen LogP contribution in [0, 0.1) is 5.82 Å². The Morgan fingerprint density at radius 1 is 1.41 bits per heavy atom. The second-order valence-corrected chi connectivity index (χ2v) is 3.85. The maximum atomic E-state index is 13.4. The highest BCUT2D eigenvalue weighted by Gasteiger charge is 2.14. The van der Waals surface area contributed by atoms with Gasteiger partial charge in [-0.25, -0.2) is 4.39 Å². The fourth-order valence-electron chi connectivity index (χ4n) is 1.62. The molecule has 4 heteroatoms. The third kappa shape index (κ3) is 4.24. The van der Waals surface area contributed by atoms with Crippen molar-refractivity contribution in [1.29, 1.82) is 0 Å². The lowest BCUT2D eigenvalue weighted by Gasteiger charge is -2.18. The van der Waals surface area contributed by atoms with Gasteiger partial charge < -0.3 is 5.11 Å². The third-order valence-corrected chi connectivity index (χ3v) is 2.62. The molecule has 3 nitrogen and oxygen atoms in total. The van der Waals surface area contributed by atoms with E-state index in [1.165, 1.54) is 12.1 Å². The number of carbonyl (C=O) groups excluding carboxylic acids is 1. The number of ketones is 1. The summed E-state index contributed by atoms with van der Waals surface area (Å²) >= 11 is 0. The van der Waals surface area contributed by atoms with Crippen LogP contribution < -0.4 is 0 Å². The number of aliphatic hydroxyl groups excluding tert-OH is 1. The molecule has 1 aromatic carbocycles. The minimum atomic E-state index is -0.476. The van der Waals surface area contributed by atoms with Crippen LogP contribution in [-0.4, -0.2) is 42.0 Å². The molecule has 1 rings (SSSR count). The number of hydrogen-bond acceptors (Lipinski definition) is 3. The number of carbonyl (C=O) groups is 1. The van der Waals surface area contributed by atoms with Crippen molar-refractivity contribution in [3.05, 3.63) is 35.6 Å². The van der Waals surface area contributed by atoms with Crippen molar-refractivity contribution in [1.82, 2.24) is 4.90 Å². The molecule has 0 aromatic heterocycles. The van der Waals surface area contributed by atoms with Crippen LogP contribution in [0.25, 0.3) is 0 Å². The summed E-state index contributed by atoms with van der Waals surface area (Å²) in [4.78, 5) is 13.7. The first-order valence-corrected chi connectivity index (χ1v) is 5.80. The Morgan fingerprint density at radius 2 is 2.12 bits per heavy atom. The summed E-state index contributed by atoms with van der Waals surface area (Å²) in [6, 6.07) is 6.00. The molecule has 0 atom stereocenters. The summed E-state index contributed by atoms with van der Waals surface area (Å²) in [5.74, 6) is -0.696. The van der Waals surface area contributed by atoms with Gasteiger partial charge in [-0.3, -0.25) is 9.69 Å². The van der Waals surface area contributed by atoms with Crippen LogP contribution in [0.1, 0.15) is 23.7 Å². The van der Waals surface area contributed by atoms with Gasteiger partial charge in [-0.2, -0.15) is 0 Å². The Kier molecular flexibility index (Phi) is 5.80. The predicted octanol–water partition coefficient (Wildman–Crippen LogP) is 1.71. The number of Topliss-reactive ketones (excluding diaryl/α,β-unsaturated/α-hetero) is 1. The van der Waals surface area contributed by atoms with Gasteiger partial charge in [0, 0.05) is 13.2 Å². The fourth-order valence-corrected chi connectivity index (χ4v) is 1.62. The van der Waals surface area contributed by atoms with Gasteiger partial charge in [0.15, 0.2) is 5.78 Å². The van der Waals surface area contributed by atoms with Gasteiger partial charge in [-0.15, -0.1) is 0 Å². The monoisotopic (exact) mass is 239 g/mol. The molecule has 0 unspecified atom stereocenters. The molecule has 0 aliphatic carbocycles. The van der Waals surface area contributed by atoms with E-state index in [9.17, 15) is 9.18 Å². The SMILES string of the molecule is CCN(CCCO)CC(=O)c1ccccc1F. The van der Waals surface area contributed by atoms with Crippen LogP contribution >= 0.6 is 0 Å². The average Bonchev–Trinajstić information content (AvgIpc) is 2.34. The zero-order chi connectivity index (χ0) is 12.7. The highest BCUT2D eigenvalue weighted by atomic mass is 19.1. The van der Waals surface area contributed by atoms with Crippen LogP contribution in [-0.2, 0) is 0 Å². The van der Waals surface area contributed by atoms with E-state index in [1.807, 2.05) is 11.8 Å². The van der Waals surface area contributed by atoms with Crippen molar-refractivity contribution in [2.24, 2.45) is 0 Å². The third-order valence-electron chi connectivity index (χ3n) is 2.62. The molecule has 1 aromatic rings. The number of benzene rings is 1. The number of halogens is 1. The van der Waals surface area contributed by atoms with E-state index in [-0.39, 0.29) is 24.5 Å². The predicted molar refractivity (Wildman–Crippen MR) is 64.5 cm³/mol. The summed E-state index contributed by atoms with van der Waals surface area (Å²) in [5, 5.41) is 8.73. The van der Waals surface area contributed by atoms with Gasteiger partial charge in [0.25, 0.3) is 0 Å². The van der Waals surface area contributed by atoms with Gasteiger partial charge in [-0.05, 0) is 25.1 Å². The van der Waals surface area contributed by atoms with Crippen LogP contribution in [0.3, 0.4) is 0 Å². The Hall–Kier alpha value is -1.26. The molecule has 17 heavy (non-hydrogen) atoms. The normalized spacial score (nSPS) is 10.8. The van der Waals surface area contributed by atoms with Gasteiger partial charge in [-0.1, -0.05) is 19.1 Å². The Morgan fingerprint density at radius 3 is 2.71 bits per heavy atom. The lowest BCUT2D eigenvalue weighted by Crippen LogP contribution is -2.31. The molecule has 0 saturated carbocycles. The average molecular weight is 239 g/mol. The minimum Gasteiger partial charge on any atom is -0.396 e. The Bertz CT molecular complexity index is 368. The molecule has 0 spiro atoms. The molecule has 0 fully saturated rings. The molecule has 0 saturated heterocycles. The minimum absolute atomic E-state index is 0.102. The summed E-state index contributed by atoms with van der Waals surface area (Å²) < 4.78 is 13.4. The highest BCUT2D eigenvalue weighted by molar-refractivity contribution is 5.97. The van der Waals surface area contributed by atoms with Gasteiger partial charge in [0.1, 0.15) is 5.82 Å². The largest absolute Gasteiger partial charge is 0.396 e. The quantitative estimate of drug-likeness (QED) is 0.736. The molecular weight excluding hydrogens is 221 g/mol. The number of rotatable bonds is 7. The first kappa shape index (κ1) is 13.8. The second-order valence-electron chi connectivity index (χ2n) is 3.85. The van der Waals surface area contributed by atoms with Crippen LogP contribution in [0.5, 0.6) is 0 Å². The van der Waals surface area contributed by atoms with Crippen LogP contribution in [0.15, 0.2) is 24.3 Å². The van der Waals surface area contributed by atoms with E-state index in [2.05, 4.69) is 0 Å². The molecule has 0 heterocycles. The molecule has 0 radical (unpaired) electrons. The standard InChI is InChI=1S/C13H18FNO2/c1-2-15(8-5-9-16)10-13(17)11-6-3-4-7-12(11)14/h3-4,6-7,16H,2,5,8-10H2,1H3. The van der Waals surface area contributed by atoms with E-state index >= 15 is 0 Å². The Balaban J connectivity index is 2.61. The molecule has 0 bridgehead atoms. The van der Waals surface area contributed by atoms with Crippen molar-refractivity contribution < 1.29 is 14.3 Å². The van der Waals surface area contributed by atoms with Gasteiger partial charge in [0.2, 0.25) is 0 Å². The van der Waals surface area contributed by atoms with Gasteiger partial charge >= 0.3 is 0 Å². The van der Waals surface area contributed by atoms with Gasteiger partial charge in [0.05, 0.1) is 12.1 Å². The number of likely N-dealkylation sites (N-methyl/N-ethyl adjacent to an activating group) is 1. The Labute approximate surface area is 101 Å². The molecule has 1 N–H and O–H groups in total. The van der Waals surface area contributed by atoms with Crippen molar-refractivity contribution >= 4 is 5.78 Å². The van der Waals surface area contributed by atoms with Crippen molar-refractivity contribution in [2.75, 3.05) is 26.2 Å². The van der Waals surface area contributed by atoms with E-state index in [4.69, 9.17) is 5.11 Å². The molecular formula is C13H18FNO2. The summed E-state index contributed by atoms with van der Waals surface area (Å²) in [6.07, 6.45) is 0.623. The first-order valence-electron chi connectivity index (χ1n) is 5.80. The maximum absolute atomic E-state index is 13.4. The van der Waals surface area contributed by atoms with E-state index in [0.29, 0.717) is 19.5 Å². The zero-order valence-electron chi connectivity index (χ0n) is 10.0. The number of aliphatic hydroxyl groups is 1. The fraction of sp³-hybridized carbons (Fsp3) is 0.462. The van der Waals surface area contributed by atoms with E-state index in [0.717, 1.165) is 0 Å². The smallest absolute Gasteiger partial charge is 0.179 e.